The largest absolute Gasteiger partial charge is 0.480 e. The average Bonchev–Trinajstić information content (AvgIpc) is 2.34. The van der Waals surface area contributed by atoms with Crippen LogP contribution in [0.3, 0.4) is 0 Å². The van der Waals surface area contributed by atoms with Gasteiger partial charge in [0.2, 0.25) is 0 Å². The summed E-state index contributed by atoms with van der Waals surface area (Å²) in [6.45, 7) is 4.74. The van der Waals surface area contributed by atoms with Crippen LogP contribution in [0.1, 0.15) is 26.7 Å². The molecular weight excluding hydrogens is 178 g/mol. The molecular formula is C8H16ClNO2. The van der Waals surface area contributed by atoms with Gasteiger partial charge in [-0.1, -0.05) is 13.8 Å². The summed E-state index contributed by atoms with van der Waals surface area (Å²) in [7, 11) is 0. The molecule has 1 fully saturated rings. The maximum Gasteiger partial charge on any atom is 0.324 e. The highest BCUT2D eigenvalue weighted by Gasteiger charge is 2.43. The molecule has 1 aliphatic heterocycles. The molecule has 0 spiro atoms. The lowest BCUT2D eigenvalue weighted by molar-refractivity contribution is -0.146. The van der Waals surface area contributed by atoms with Gasteiger partial charge in [0.25, 0.3) is 0 Å². The molecule has 0 aromatic rings. The smallest absolute Gasteiger partial charge is 0.324 e. The number of hydrogen-bond donors (Lipinski definition) is 2. The lowest BCUT2D eigenvalue weighted by Crippen LogP contribution is -2.51. The van der Waals surface area contributed by atoms with Gasteiger partial charge in [-0.2, -0.15) is 0 Å². The van der Waals surface area contributed by atoms with E-state index in [0.29, 0.717) is 0 Å². The van der Waals surface area contributed by atoms with Gasteiger partial charge in [0.1, 0.15) is 5.54 Å². The summed E-state index contributed by atoms with van der Waals surface area (Å²) in [5.74, 6) is -0.535. The second-order valence-corrected chi connectivity index (χ2v) is 3.46. The normalized spacial score (nSPS) is 28.6. The van der Waals surface area contributed by atoms with Crippen LogP contribution in [0, 0.1) is 5.92 Å². The van der Waals surface area contributed by atoms with E-state index in [1.54, 1.807) is 0 Å². The van der Waals surface area contributed by atoms with Crippen molar-refractivity contribution >= 4 is 18.4 Å². The second kappa shape index (κ2) is 4.10. The first-order chi connectivity index (χ1) is 5.09. The van der Waals surface area contributed by atoms with E-state index in [1.807, 2.05) is 13.8 Å². The van der Waals surface area contributed by atoms with Crippen LogP contribution in [0.4, 0.5) is 0 Å². The molecule has 1 saturated heterocycles. The predicted octanol–water partition coefficient (Wildman–Crippen LogP) is 1.27. The summed E-state index contributed by atoms with van der Waals surface area (Å²) in [5.41, 5.74) is -0.639. The maximum absolute atomic E-state index is 10.9. The summed E-state index contributed by atoms with van der Waals surface area (Å²) in [6, 6.07) is 0. The van der Waals surface area contributed by atoms with E-state index in [9.17, 15) is 4.79 Å². The Balaban J connectivity index is 0.00000121. The molecule has 12 heavy (non-hydrogen) atoms. The Labute approximate surface area is 78.9 Å². The molecule has 0 amide bonds. The number of halogens is 1. The fraction of sp³-hybridized carbons (Fsp3) is 0.875. The van der Waals surface area contributed by atoms with E-state index in [2.05, 4.69) is 5.32 Å². The van der Waals surface area contributed by atoms with Crippen LogP contribution in [-0.4, -0.2) is 23.2 Å². The molecule has 2 N–H and O–H groups in total. The third-order valence-corrected chi connectivity index (χ3v) is 2.56. The van der Waals surface area contributed by atoms with E-state index < -0.39 is 11.5 Å². The van der Waals surface area contributed by atoms with Crippen LogP contribution in [0.25, 0.3) is 0 Å². The van der Waals surface area contributed by atoms with Gasteiger partial charge in [0.15, 0.2) is 0 Å². The molecule has 0 unspecified atom stereocenters. The van der Waals surface area contributed by atoms with Gasteiger partial charge >= 0.3 is 5.97 Å². The number of nitrogens with one attached hydrogen (secondary N) is 1. The number of carbonyl (C=O) groups is 1. The summed E-state index contributed by atoms with van der Waals surface area (Å²) in [6.07, 6.45) is 1.74. The highest BCUT2D eigenvalue weighted by molar-refractivity contribution is 5.85. The molecule has 1 rings (SSSR count). The van der Waals surface area contributed by atoms with Crippen LogP contribution in [0.15, 0.2) is 0 Å². The Morgan fingerprint density at radius 3 is 2.33 bits per heavy atom. The van der Waals surface area contributed by atoms with Crippen molar-refractivity contribution in [3.05, 3.63) is 0 Å². The third-order valence-electron chi connectivity index (χ3n) is 2.56. The molecule has 0 aromatic carbocycles. The number of hydrogen-bond acceptors (Lipinski definition) is 2. The summed E-state index contributed by atoms with van der Waals surface area (Å²) in [5, 5.41) is 12.0. The number of aliphatic carboxylic acids is 1. The van der Waals surface area contributed by atoms with Crippen LogP contribution >= 0.6 is 12.4 Å². The molecule has 0 bridgehead atoms. The SMILES string of the molecule is CC(C)[C@]1(C(=O)O)CCCN1.Cl. The first kappa shape index (κ1) is 11.7. The Hall–Kier alpha value is -0.280. The Morgan fingerprint density at radius 1 is 1.58 bits per heavy atom. The molecule has 3 nitrogen and oxygen atoms in total. The zero-order valence-electron chi connectivity index (χ0n) is 7.46. The van der Waals surface area contributed by atoms with Crippen molar-refractivity contribution in [2.45, 2.75) is 32.2 Å². The minimum Gasteiger partial charge on any atom is -0.480 e. The Bertz CT molecular complexity index is 164. The first-order valence-electron chi connectivity index (χ1n) is 4.08. The Kier molecular flexibility index (Phi) is 4.00. The quantitative estimate of drug-likeness (QED) is 0.695. The van der Waals surface area contributed by atoms with E-state index in [-0.39, 0.29) is 18.3 Å². The summed E-state index contributed by atoms with van der Waals surface area (Å²) >= 11 is 0. The minimum atomic E-state index is -0.704. The van der Waals surface area contributed by atoms with Gasteiger partial charge in [-0.15, -0.1) is 12.4 Å². The van der Waals surface area contributed by atoms with Gasteiger partial charge in [-0.3, -0.25) is 4.79 Å². The lowest BCUT2D eigenvalue weighted by Gasteiger charge is -2.28. The molecule has 1 atom stereocenters. The predicted molar refractivity (Wildman–Crippen MR) is 49.7 cm³/mol. The van der Waals surface area contributed by atoms with Gasteiger partial charge in [-0.25, -0.2) is 0 Å². The van der Waals surface area contributed by atoms with E-state index >= 15 is 0 Å². The molecule has 0 radical (unpaired) electrons. The van der Waals surface area contributed by atoms with Gasteiger partial charge in [0, 0.05) is 0 Å². The van der Waals surface area contributed by atoms with Crippen LogP contribution in [-0.2, 0) is 4.79 Å². The van der Waals surface area contributed by atoms with Crippen molar-refractivity contribution in [3.8, 4) is 0 Å². The third kappa shape index (κ3) is 1.72. The van der Waals surface area contributed by atoms with E-state index in [4.69, 9.17) is 5.11 Å². The molecule has 1 aliphatic rings. The monoisotopic (exact) mass is 193 g/mol. The Morgan fingerprint density at radius 2 is 2.17 bits per heavy atom. The summed E-state index contributed by atoms with van der Waals surface area (Å²) in [4.78, 5) is 10.9. The zero-order valence-corrected chi connectivity index (χ0v) is 8.28. The number of carboxylic acid groups (broad SMARTS) is 1. The zero-order chi connectivity index (χ0) is 8.48. The molecule has 1 heterocycles. The molecule has 4 heteroatoms. The lowest BCUT2D eigenvalue weighted by atomic mass is 9.85. The van der Waals surface area contributed by atoms with Crippen LogP contribution < -0.4 is 5.32 Å². The molecule has 0 aliphatic carbocycles. The van der Waals surface area contributed by atoms with Crippen LogP contribution in [0.2, 0.25) is 0 Å². The highest BCUT2D eigenvalue weighted by atomic mass is 35.5. The first-order valence-corrected chi connectivity index (χ1v) is 4.08. The van der Waals surface area contributed by atoms with Crippen LogP contribution in [0.5, 0.6) is 0 Å². The van der Waals surface area contributed by atoms with Gasteiger partial charge in [0.05, 0.1) is 0 Å². The van der Waals surface area contributed by atoms with Crippen molar-refractivity contribution in [1.82, 2.24) is 5.32 Å². The summed E-state index contributed by atoms with van der Waals surface area (Å²) < 4.78 is 0. The van der Waals surface area contributed by atoms with Crippen molar-refractivity contribution in [2.75, 3.05) is 6.54 Å². The standard InChI is InChI=1S/C8H15NO2.ClH/c1-6(2)8(7(10)11)4-3-5-9-8;/h6,9H,3-5H2,1-2H3,(H,10,11);1H/t8-;/m0./s1. The minimum absolute atomic E-state index is 0. The number of rotatable bonds is 2. The van der Waals surface area contributed by atoms with E-state index in [1.165, 1.54) is 0 Å². The maximum atomic E-state index is 10.9. The second-order valence-electron chi connectivity index (χ2n) is 3.46. The topological polar surface area (TPSA) is 49.3 Å². The highest BCUT2D eigenvalue weighted by Crippen LogP contribution is 2.27. The fourth-order valence-corrected chi connectivity index (χ4v) is 1.69. The fourth-order valence-electron chi connectivity index (χ4n) is 1.69. The van der Waals surface area contributed by atoms with E-state index in [0.717, 1.165) is 19.4 Å². The molecule has 0 aromatic heterocycles. The van der Waals surface area contributed by atoms with Crippen molar-refractivity contribution in [2.24, 2.45) is 5.92 Å². The van der Waals surface area contributed by atoms with Crippen molar-refractivity contribution in [3.63, 3.8) is 0 Å². The van der Waals surface area contributed by atoms with Crippen molar-refractivity contribution < 1.29 is 9.90 Å². The van der Waals surface area contributed by atoms with Gasteiger partial charge in [-0.05, 0) is 25.3 Å². The molecule has 0 saturated carbocycles. The van der Waals surface area contributed by atoms with Gasteiger partial charge < -0.3 is 10.4 Å². The average molecular weight is 194 g/mol. The van der Waals surface area contributed by atoms with Crippen molar-refractivity contribution in [1.29, 1.82) is 0 Å². The molecule has 72 valence electrons. The number of carboxylic acids is 1.